The Morgan fingerprint density at radius 3 is 1.84 bits per heavy atom. The van der Waals surface area contributed by atoms with Gasteiger partial charge in [0.2, 0.25) is 0 Å². The maximum Gasteiger partial charge on any atom is 0.416 e. The quantitative estimate of drug-likeness (QED) is 0.519. The van der Waals surface area contributed by atoms with Gasteiger partial charge in [0.1, 0.15) is 0 Å². The van der Waals surface area contributed by atoms with Crippen molar-refractivity contribution < 1.29 is 30.0 Å². The second-order valence-electron chi connectivity index (χ2n) is 7.10. The average molecular weight is 485 g/mol. The van der Waals surface area contributed by atoms with Gasteiger partial charge in [-0.15, -0.1) is 0 Å². The summed E-state index contributed by atoms with van der Waals surface area (Å²) in [5.74, 6) is 0. The predicted octanol–water partition coefficient (Wildman–Crippen LogP) is 4.92. The number of aryl methyl sites for hydroxylation is 2. The number of nitrogens with one attached hydrogen (secondary N) is 2. The number of halogens is 3. The van der Waals surface area contributed by atoms with E-state index in [0.29, 0.717) is 11.6 Å². The van der Waals surface area contributed by atoms with Gasteiger partial charge in [-0.25, -0.2) is 16.8 Å². The molecule has 0 aromatic heterocycles. The largest absolute Gasteiger partial charge is 0.416 e. The third kappa shape index (κ3) is 5.40. The number of rotatable bonds is 6. The summed E-state index contributed by atoms with van der Waals surface area (Å²) in [7, 11) is -8.49. The SMILES string of the molecule is Cc1ccc(S(=O)(=O)Nc2ccc(C)cc2NS(=O)(=O)c2cccc(C(F)(F)F)c2)cc1. The lowest BCUT2D eigenvalue weighted by atomic mass is 10.2. The normalized spacial score (nSPS) is 12.4. The molecular weight excluding hydrogens is 465 g/mol. The Bertz CT molecular complexity index is 1350. The molecule has 3 aromatic carbocycles. The zero-order chi connectivity index (χ0) is 23.7. The van der Waals surface area contributed by atoms with Gasteiger partial charge in [0.05, 0.1) is 26.7 Å². The number of hydrogen-bond donors (Lipinski definition) is 2. The van der Waals surface area contributed by atoms with Gasteiger partial charge in [-0.3, -0.25) is 9.44 Å². The lowest BCUT2D eigenvalue weighted by Crippen LogP contribution is -2.18. The molecule has 0 heterocycles. The first kappa shape index (κ1) is 23.6. The number of sulfonamides is 2. The lowest BCUT2D eigenvalue weighted by Gasteiger charge is -2.16. The monoisotopic (exact) mass is 484 g/mol. The van der Waals surface area contributed by atoms with E-state index in [9.17, 15) is 30.0 Å². The average Bonchev–Trinajstić information content (AvgIpc) is 2.69. The van der Waals surface area contributed by atoms with Crippen LogP contribution in [-0.4, -0.2) is 16.8 Å². The Balaban J connectivity index is 1.97. The fourth-order valence-electron chi connectivity index (χ4n) is 2.80. The van der Waals surface area contributed by atoms with Gasteiger partial charge < -0.3 is 0 Å². The summed E-state index contributed by atoms with van der Waals surface area (Å²) < 4.78 is 94.4. The van der Waals surface area contributed by atoms with Crippen LogP contribution in [0, 0.1) is 13.8 Å². The van der Waals surface area contributed by atoms with E-state index >= 15 is 0 Å². The summed E-state index contributed by atoms with van der Waals surface area (Å²) in [6.45, 7) is 3.45. The second-order valence-corrected chi connectivity index (χ2v) is 10.5. The van der Waals surface area contributed by atoms with Gasteiger partial charge in [0.25, 0.3) is 20.0 Å². The highest BCUT2D eigenvalue weighted by Crippen LogP contribution is 2.32. The Morgan fingerprint density at radius 2 is 1.22 bits per heavy atom. The Hall–Kier alpha value is -3.05. The molecule has 0 radical (unpaired) electrons. The van der Waals surface area contributed by atoms with E-state index in [2.05, 4.69) is 9.44 Å². The van der Waals surface area contributed by atoms with Crippen molar-refractivity contribution in [1.82, 2.24) is 0 Å². The van der Waals surface area contributed by atoms with Crippen molar-refractivity contribution in [1.29, 1.82) is 0 Å². The predicted molar refractivity (Wildman–Crippen MR) is 115 cm³/mol. The van der Waals surface area contributed by atoms with Crippen LogP contribution in [0.3, 0.4) is 0 Å². The molecule has 3 aromatic rings. The van der Waals surface area contributed by atoms with E-state index in [4.69, 9.17) is 0 Å². The van der Waals surface area contributed by atoms with Crippen molar-refractivity contribution in [3.63, 3.8) is 0 Å². The van der Waals surface area contributed by atoms with Crippen molar-refractivity contribution in [3.05, 3.63) is 83.4 Å². The first-order chi connectivity index (χ1) is 14.8. The van der Waals surface area contributed by atoms with Crippen LogP contribution in [0.15, 0.2) is 76.5 Å². The van der Waals surface area contributed by atoms with Crippen molar-refractivity contribution in [2.45, 2.75) is 29.8 Å². The highest BCUT2D eigenvalue weighted by Gasteiger charge is 2.32. The van der Waals surface area contributed by atoms with E-state index in [1.807, 2.05) is 0 Å². The van der Waals surface area contributed by atoms with Crippen molar-refractivity contribution in [2.24, 2.45) is 0 Å². The molecular formula is C21H19F3N2O4S2. The Kier molecular flexibility index (Phi) is 6.25. The van der Waals surface area contributed by atoms with E-state index in [0.717, 1.165) is 23.8 Å². The highest BCUT2D eigenvalue weighted by atomic mass is 32.2. The summed E-state index contributed by atoms with van der Waals surface area (Å²) in [6.07, 6.45) is -4.72. The summed E-state index contributed by atoms with van der Waals surface area (Å²) in [4.78, 5) is -0.642. The van der Waals surface area contributed by atoms with Crippen LogP contribution in [0.5, 0.6) is 0 Å². The second kappa shape index (κ2) is 8.47. The minimum Gasteiger partial charge on any atom is -0.277 e. The van der Waals surface area contributed by atoms with Gasteiger partial charge in [-0.05, 0) is 61.9 Å². The molecule has 0 saturated heterocycles. The minimum atomic E-state index is -4.72. The van der Waals surface area contributed by atoms with E-state index in [1.54, 1.807) is 32.0 Å². The molecule has 0 aliphatic carbocycles. The lowest BCUT2D eigenvalue weighted by molar-refractivity contribution is -0.137. The standard InChI is InChI=1S/C21H19F3N2O4S2/c1-14-6-9-17(10-7-14)31(27,28)25-19-11-8-15(2)12-20(19)26-32(29,30)18-5-3-4-16(13-18)21(22,23)24/h3-13,25-26H,1-2H3. The molecule has 0 unspecified atom stereocenters. The summed E-state index contributed by atoms with van der Waals surface area (Å²) in [5, 5.41) is 0. The number of alkyl halides is 3. The molecule has 6 nitrogen and oxygen atoms in total. The molecule has 0 bridgehead atoms. The van der Waals surface area contributed by atoms with E-state index < -0.39 is 36.7 Å². The maximum absolute atomic E-state index is 13.0. The van der Waals surface area contributed by atoms with Crippen LogP contribution in [0.2, 0.25) is 0 Å². The molecule has 170 valence electrons. The Labute approximate surface area is 184 Å². The van der Waals surface area contributed by atoms with Crippen molar-refractivity contribution in [2.75, 3.05) is 9.44 Å². The third-order valence-corrected chi connectivity index (χ3v) is 7.21. The zero-order valence-corrected chi connectivity index (χ0v) is 18.6. The molecule has 32 heavy (non-hydrogen) atoms. The molecule has 0 amide bonds. The van der Waals surface area contributed by atoms with Crippen LogP contribution in [0.4, 0.5) is 24.5 Å². The summed E-state index contributed by atoms with van der Waals surface area (Å²) >= 11 is 0. The minimum absolute atomic E-state index is 0.0321. The molecule has 0 atom stereocenters. The fourth-order valence-corrected chi connectivity index (χ4v) is 4.99. The maximum atomic E-state index is 13.0. The number of hydrogen-bond acceptors (Lipinski definition) is 4. The van der Waals surface area contributed by atoms with Crippen molar-refractivity contribution in [3.8, 4) is 0 Å². The molecule has 0 aliphatic heterocycles. The van der Waals surface area contributed by atoms with Crippen LogP contribution < -0.4 is 9.44 Å². The molecule has 3 rings (SSSR count). The molecule has 0 spiro atoms. The first-order valence-electron chi connectivity index (χ1n) is 9.18. The molecule has 2 N–H and O–H groups in total. The molecule has 0 saturated carbocycles. The molecule has 0 aliphatic rings. The third-order valence-electron chi connectivity index (χ3n) is 4.47. The van der Waals surface area contributed by atoms with E-state index in [-0.39, 0.29) is 16.3 Å². The van der Waals surface area contributed by atoms with E-state index in [1.165, 1.54) is 24.3 Å². The summed E-state index contributed by atoms with van der Waals surface area (Å²) in [5.41, 5.74) is 0.133. The highest BCUT2D eigenvalue weighted by molar-refractivity contribution is 7.93. The van der Waals surface area contributed by atoms with Gasteiger partial charge in [-0.2, -0.15) is 13.2 Å². The fraction of sp³-hybridized carbons (Fsp3) is 0.143. The molecule has 0 fully saturated rings. The van der Waals surface area contributed by atoms with Crippen LogP contribution in [0.1, 0.15) is 16.7 Å². The van der Waals surface area contributed by atoms with Gasteiger partial charge >= 0.3 is 6.18 Å². The van der Waals surface area contributed by atoms with Crippen LogP contribution in [-0.2, 0) is 26.2 Å². The van der Waals surface area contributed by atoms with Gasteiger partial charge in [-0.1, -0.05) is 29.8 Å². The first-order valence-corrected chi connectivity index (χ1v) is 12.1. The molecule has 11 heteroatoms. The van der Waals surface area contributed by atoms with Gasteiger partial charge in [0.15, 0.2) is 0 Å². The topological polar surface area (TPSA) is 92.3 Å². The van der Waals surface area contributed by atoms with Crippen LogP contribution in [0.25, 0.3) is 0 Å². The van der Waals surface area contributed by atoms with Crippen LogP contribution >= 0.6 is 0 Å². The summed E-state index contributed by atoms with van der Waals surface area (Å²) in [6, 6.07) is 13.6. The zero-order valence-electron chi connectivity index (χ0n) is 16.9. The van der Waals surface area contributed by atoms with Crippen molar-refractivity contribution >= 4 is 31.4 Å². The smallest absolute Gasteiger partial charge is 0.277 e. The Morgan fingerprint density at radius 1 is 0.656 bits per heavy atom. The van der Waals surface area contributed by atoms with Gasteiger partial charge in [0, 0.05) is 0 Å². The number of benzene rings is 3. The number of anilines is 2.